The van der Waals surface area contributed by atoms with Gasteiger partial charge >= 0.3 is 5.97 Å². The van der Waals surface area contributed by atoms with Gasteiger partial charge in [-0.05, 0) is 90.0 Å². The van der Waals surface area contributed by atoms with Gasteiger partial charge in [0.25, 0.3) is 5.91 Å². The van der Waals surface area contributed by atoms with Crippen LogP contribution in [0.1, 0.15) is 46.2 Å². The van der Waals surface area contributed by atoms with Gasteiger partial charge in [-0.1, -0.05) is 18.2 Å². The fourth-order valence-electron chi connectivity index (χ4n) is 6.30. The quantitative estimate of drug-likeness (QED) is 0.351. The summed E-state index contributed by atoms with van der Waals surface area (Å²) in [5.41, 5.74) is 4.20. The molecule has 2 aromatic carbocycles. The van der Waals surface area contributed by atoms with Gasteiger partial charge in [-0.2, -0.15) is 11.3 Å². The Morgan fingerprint density at radius 3 is 2.54 bits per heavy atom. The number of carbonyl (C=O) groups excluding carboxylic acids is 1. The molecular weight excluding hydrogens is 515 g/mol. The number of carbonyl (C=O) groups is 2. The maximum atomic E-state index is 13.8. The number of likely N-dealkylation sites (tertiary alicyclic amines) is 2. The predicted molar refractivity (Wildman–Crippen MR) is 149 cm³/mol. The Kier molecular flexibility index (Phi) is 7.18. The molecule has 0 spiro atoms. The molecule has 2 saturated heterocycles. The molecule has 1 N–H and O–H groups in total. The first-order valence-corrected chi connectivity index (χ1v) is 14.4. The van der Waals surface area contributed by atoms with E-state index in [2.05, 4.69) is 26.7 Å². The first-order chi connectivity index (χ1) is 19.0. The van der Waals surface area contributed by atoms with E-state index in [-0.39, 0.29) is 24.2 Å². The number of para-hydroxylation sites is 1. The van der Waals surface area contributed by atoms with Crippen LogP contribution in [0.3, 0.4) is 0 Å². The minimum atomic E-state index is -0.950. The molecule has 2 fully saturated rings. The number of amides is 1. The summed E-state index contributed by atoms with van der Waals surface area (Å²) in [5.74, 6) is -0.167. The van der Waals surface area contributed by atoms with Crippen LogP contribution in [-0.2, 0) is 11.3 Å². The Morgan fingerprint density at radius 1 is 1.03 bits per heavy atom. The number of piperidine rings is 1. The highest BCUT2D eigenvalue weighted by Crippen LogP contribution is 2.37. The van der Waals surface area contributed by atoms with Gasteiger partial charge in [-0.3, -0.25) is 9.59 Å². The van der Waals surface area contributed by atoms with Gasteiger partial charge in [0.15, 0.2) is 0 Å². The molecule has 39 heavy (non-hydrogen) atoms. The number of hydrogen-bond acceptors (Lipinski definition) is 5. The molecule has 2 aromatic heterocycles. The number of hydrogen-bond donors (Lipinski definition) is 1. The SMILES string of the molecule is O=C(O)Cn1cnc2c(C(=O)N3CC(CN4CCC(c5ccc(F)cc5)CC4)C(c4ccsc4)C3)cccc21. The Balaban J connectivity index is 1.17. The summed E-state index contributed by atoms with van der Waals surface area (Å²) in [6.45, 7) is 4.03. The Morgan fingerprint density at radius 2 is 1.82 bits per heavy atom. The molecule has 202 valence electrons. The Bertz CT molecular complexity index is 1460. The molecule has 2 aliphatic rings. The lowest BCUT2D eigenvalue weighted by molar-refractivity contribution is -0.137. The van der Waals surface area contributed by atoms with Crippen LogP contribution >= 0.6 is 11.3 Å². The van der Waals surface area contributed by atoms with Crippen LogP contribution in [0.25, 0.3) is 11.0 Å². The number of halogens is 1. The highest BCUT2D eigenvalue weighted by atomic mass is 32.1. The molecule has 0 bridgehead atoms. The average molecular weight is 547 g/mol. The van der Waals surface area contributed by atoms with Gasteiger partial charge in [0.05, 0.1) is 17.4 Å². The maximum absolute atomic E-state index is 13.8. The molecule has 0 radical (unpaired) electrons. The zero-order valence-electron chi connectivity index (χ0n) is 21.6. The molecule has 2 atom stereocenters. The standard InChI is InChI=1S/C30H31FN4O3S/c31-24-6-4-20(5-7-24)21-8-11-33(12-9-21)14-23-15-34(16-26(23)22-10-13-39-18-22)30(38)25-2-1-3-27-29(25)32-19-35(27)17-28(36)37/h1-7,10,13,18-19,21,23,26H,8-9,11-12,14-17H2,(H,36,37). The van der Waals surface area contributed by atoms with Crippen LogP contribution in [0, 0.1) is 11.7 Å². The van der Waals surface area contributed by atoms with Crippen molar-refractivity contribution in [2.24, 2.45) is 5.92 Å². The fourth-order valence-corrected chi connectivity index (χ4v) is 7.03. The zero-order chi connectivity index (χ0) is 26.9. The van der Waals surface area contributed by atoms with Crippen LogP contribution in [-0.4, -0.2) is 69.1 Å². The van der Waals surface area contributed by atoms with E-state index < -0.39 is 5.97 Å². The van der Waals surface area contributed by atoms with Gasteiger partial charge < -0.3 is 19.5 Å². The van der Waals surface area contributed by atoms with Crippen molar-refractivity contribution in [3.8, 4) is 0 Å². The van der Waals surface area contributed by atoms with E-state index in [4.69, 9.17) is 0 Å². The fraction of sp³-hybridized carbons (Fsp3) is 0.367. The summed E-state index contributed by atoms with van der Waals surface area (Å²) in [6.07, 6.45) is 3.59. The summed E-state index contributed by atoms with van der Waals surface area (Å²) < 4.78 is 14.9. The van der Waals surface area contributed by atoms with E-state index in [1.54, 1.807) is 46.2 Å². The summed E-state index contributed by atoms with van der Waals surface area (Å²) in [4.78, 5) is 33.9. The molecule has 2 unspecified atom stereocenters. The van der Waals surface area contributed by atoms with Gasteiger partial charge in [0, 0.05) is 25.6 Å². The number of aliphatic carboxylic acids is 1. The number of nitrogens with zero attached hydrogens (tertiary/aromatic N) is 4. The van der Waals surface area contributed by atoms with Crippen molar-refractivity contribution in [3.05, 3.63) is 88.1 Å². The summed E-state index contributed by atoms with van der Waals surface area (Å²) >= 11 is 1.68. The molecule has 1 amide bonds. The summed E-state index contributed by atoms with van der Waals surface area (Å²) in [5, 5.41) is 13.5. The smallest absolute Gasteiger partial charge is 0.323 e. The second-order valence-electron chi connectivity index (χ2n) is 10.7. The average Bonchev–Trinajstić information content (AvgIpc) is 3.70. The van der Waals surface area contributed by atoms with E-state index in [9.17, 15) is 19.1 Å². The number of thiophene rings is 1. The van der Waals surface area contributed by atoms with Crippen molar-refractivity contribution in [1.82, 2.24) is 19.4 Å². The third kappa shape index (κ3) is 5.33. The molecule has 0 saturated carbocycles. The molecule has 4 aromatic rings. The Labute approximate surface area is 230 Å². The molecule has 4 heterocycles. The van der Waals surface area contributed by atoms with Crippen LogP contribution in [0.2, 0.25) is 0 Å². The number of carboxylic acids is 1. The van der Waals surface area contributed by atoms with Crippen LogP contribution in [0.15, 0.2) is 65.6 Å². The van der Waals surface area contributed by atoms with E-state index in [0.717, 1.165) is 32.5 Å². The zero-order valence-corrected chi connectivity index (χ0v) is 22.4. The first kappa shape index (κ1) is 25.7. The number of imidazole rings is 1. The summed E-state index contributed by atoms with van der Waals surface area (Å²) in [7, 11) is 0. The number of carboxylic acid groups (broad SMARTS) is 1. The second-order valence-corrected chi connectivity index (χ2v) is 11.5. The van der Waals surface area contributed by atoms with Gasteiger partial charge in [-0.15, -0.1) is 0 Å². The van der Waals surface area contributed by atoms with Gasteiger partial charge in [-0.25, -0.2) is 9.37 Å². The number of benzene rings is 2. The maximum Gasteiger partial charge on any atom is 0.323 e. The predicted octanol–water partition coefficient (Wildman–Crippen LogP) is 5.06. The molecule has 0 aliphatic carbocycles. The number of fused-ring (bicyclic) bond motifs is 1. The van der Waals surface area contributed by atoms with Gasteiger partial charge in [0.1, 0.15) is 17.9 Å². The van der Waals surface area contributed by atoms with E-state index in [0.29, 0.717) is 41.5 Å². The lowest BCUT2D eigenvalue weighted by Crippen LogP contribution is -2.38. The lowest BCUT2D eigenvalue weighted by atomic mass is 9.87. The van der Waals surface area contributed by atoms with Crippen molar-refractivity contribution in [1.29, 1.82) is 0 Å². The topological polar surface area (TPSA) is 78.7 Å². The Hall–Kier alpha value is -3.56. The minimum absolute atomic E-state index is 0.0566. The monoisotopic (exact) mass is 546 g/mol. The summed E-state index contributed by atoms with van der Waals surface area (Å²) in [6, 6.07) is 14.5. The molecule has 6 rings (SSSR count). The van der Waals surface area contributed by atoms with E-state index in [1.807, 2.05) is 17.0 Å². The number of rotatable bonds is 7. The van der Waals surface area contributed by atoms with E-state index >= 15 is 0 Å². The lowest BCUT2D eigenvalue weighted by Gasteiger charge is -2.34. The second kappa shape index (κ2) is 10.9. The normalized spacial score (nSPS) is 20.6. The molecular formula is C30H31FN4O3S. The van der Waals surface area contributed by atoms with Crippen LogP contribution < -0.4 is 0 Å². The van der Waals surface area contributed by atoms with Crippen molar-refractivity contribution < 1.29 is 19.1 Å². The minimum Gasteiger partial charge on any atom is -0.480 e. The largest absolute Gasteiger partial charge is 0.480 e. The third-order valence-corrected chi connectivity index (χ3v) is 9.01. The van der Waals surface area contributed by atoms with Crippen LogP contribution in [0.5, 0.6) is 0 Å². The van der Waals surface area contributed by atoms with Crippen LogP contribution in [0.4, 0.5) is 4.39 Å². The first-order valence-electron chi connectivity index (χ1n) is 13.4. The van der Waals surface area contributed by atoms with Gasteiger partial charge in [0.2, 0.25) is 0 Å². The highest BCUT2D eigenvalue weighted by Gasteiger charge is 2.38. The third-order valence-electron chi connectivity index (χ3n) is 8.31. The number of aromatic nitrogens is 2. The van der Waals surface area contributed by atoms with Crippen molar-refractivity contribution in [2.75, 3.05) is 32.7 Å². The molecule has 7 nitrogen and oxygen atoms in total. The van der Waals surface area contributed by atoms with E-state index in [1.165, 1.54) is 17.5 Å². The van der Waals surface area contributed by atoms with Crippen molar-refractivity contribution in [2.45, 2.75) is 31.2 Å². The molecule has 9 heteroatoms. The molecule has 2 aliphatic heterocycles. The van der Waals surface area contributed by atoms with Crippen molar-refractivity contribution >= 4 is 34.2 Å². The van der Waals surface area contributed by atoms with Crippen molar-refractivity contribution in [3.63, 3.8) is 0 Å². The highest BCUT2D eigenvalue weighted by molar-refractivity contribution is 7.08.